The maximum atomic E-state index is 11.8. The van der Waals surface area contributed by atoms with Crippen molar-refractivity contribution in [3.05, 3.63) is 29.8 Å². The van der Waals surface area contributed by atoms with Gasteiger partial charge in [-0.05, 0) is 31.0 Å². The largest absolute Gasteiger partial charge is 0.508 e. The Kier molecular flexibility index (Phi) is 6.68. The SMILES string of the molecule is COC(C)CCC(=O)N[C@@H](Cc1ccc(O)cc1)C(=O)O. The molecule has 0 saturated heterocycles. The molecule has 21 heavy (non-hydrogen) atoms. The number of carboxylic acid groups (broad SMARTS) is 1. The lowest BCUT2D eigenvalue weighted by Crippen LogP contribution is -2.42. The number of hydrogen-bond donors (Lipinski definition) is 3. The highest BCUT2D eigenvalue weighted by Crippen LogP contribution is 2.11. The average Bonchev–Trinajstić information content (AvgIpc) is 2.46. The van der Waals surface area contributed by atoms with Gasteiger partial charge >= 0.3 is 5.97 Å². The molecule has 6 nitrogen and oxygen atoms in total. The van der Waals surface area contributed by atoms with Gasteiger partial charge in [0.25, 0.3) is 0 Å². The lowest BCUT2D eigenvalue weighted by Gasteiger charge is -2.15. The second-order valence-electron chi connectivity index (χ2n) is 4.91. The summed E-state index contributed by atoms with van der Waals surface area (Å²) in [6.07, 6.45) is 0.875. The molecule has 0 saturated carbocycles. The molecule has 0 heterocycles. The topological polar surface area (TPSA) is 95.9 Å². The van der Waals surface area contributed by atoms with E-state index in [1.807, 2.05) is 6.92 Å². The van der Waals surface area contributed by atoms with Gasteiger partial charge in [-0.2, -0.15) is 0 Å². The molecule has 0 aromatic heterocycles. The smallest absolute Gasteiger partial charge is 0.326 e. The van der Waals surface area contributed by atoms with E-state index in [9.17, 15) is 19.8 Å². The van der Waals surface area contributed by atoms with Gasteiger partial charge in [-0.15, -0.1) is 0 Å². The predicted octanol–water partition coefficient (Wildman–Crippen LogP) is 1.32. The van der Waals surface area contributed by atoms with Gasteiger partial charge in [0.15, 0.2) is 0 Å². The highest BCUT2D eigenvalue weighted by atomic mass is 16.5. The summed E-state index contributed by atoms with van der Waals surface area (Å²) in [5.74, 6) is -1.29. The number of carboxylic acids is 1. The van der Waals surface area contributed by atoms with E-state index >= 15 is 0 Å². The highest BCUT2D eigenvalue weighted by molar-refractivity contribution is 5.83. The van der Waals surface area contributed by atoms with Crippen molar-refractivity contribution >= 4 is 11.9 Å². The van der Waals surface area contributed by atoms with Crippen molar-refractivity contribution < 1.29 is 24.5 Å². The molecule has 1 aromatic carbocycles. The zero-order valence-electron chi connectivity index (χ0n) is 12.2. The number of carbonyl (C=O) groups excluding carboxylic acids is 1. The number of carbonyl (C=O) groups is 2. The molecule has 0 aliphatic carbocycles. The van der Waals surface area contributed by atoms with Gasteiger partial charge in [-0.25, -0.2) is 4.79 Å². The third-order valence-corrected chi connectivity index (χ3v) is 3.19. The van der Waals surface area contributed by atoms with Crippen molar-refractivity contribution in [2.75, 3.05) is 7.11 Å². The molecular formula is C15H21NO5. The fourth-order valence-corrected chi connectivity index (χ4v) is 1.79. The first-order chi connectivity index (χ1) is 9.92. The highest BCUT2D eigenvalue weighted by Gasteiger charge is 2.20. The van der Waals surface area contributed by atoms with E-state index in [1.54, 1.807) is 19.2 Å². The Morgan fingerprint density at radius 2 is 1.90 bits per heavy atom. The number of phenols is 1. The molecule has 2 atom stereocenters. The molecule has 0 radical (unpaired) electrons. The number of ether oxygens (including phenoxy) is 1. The van der Waals surface area contributed by atoms with Crippen molar-refractivity contribution in [3.63, 3.8) is 0 Å². The van der Waals surface area contributed by atoms with E-state index in [0.29, 0.717) is 6.42 Å². The van der Waals surface area contributed by atoms with Gasteiger partial charge in [0.05, 0.1) is 6.10 Å². The van der Waals surface area contributed by atoms with Crippen LogP contribution in [0.4, 0.5) is 0 Å². The lowest BCUT2D eigenvalue weighted by atomic mass is 10.1. The van der Waals surface area contributed by atoms with Crippen molar-refractivity contribution in [2.45, 2.75) is 38.3 Å². The van der Waals surface area contributed by atoms with Crippen LogP contribution >= 0.6 is 0 Å². The van der Waals surface area contributed by atoms with E-state index in [4.69, 9.17) is 4.74 Å². The lowest BCUT2D eigenvalue weighted by molar-refractivity contribution is -0.141. The van der Waals surface area contributed by atoms with Crippen molar-refractivity contribution in [1.82, 2.24) is 5.32 Å². The number of aromatic hydroxyl groups is 1. The molecule has 6 heteroatoms. The number of aliphatic carboxylic acids is 1. The molecule has 116 valence electrons. The second-order valence-corrected chi connectivity index (χ2v) is 4.91. The third kappa shape index (κ3) is 6.27. The first kappa shape index (κ1) is 17.0. The van der Waals surface area contributed by atoms with Crippen molar-refractivity contribution in [1.29, 1.82) is 0 Å². The van der Waals surface area contributed by atoms with Crippen molar-refractivity contribution in [2.24, 2.45) is 0 Å². The Morgan fingerprint density at radius 1 is 1.29 bits per heavy atom. The van der Waals surface area contributed by atoms with Gasteiger partial charge in [0, 0.05) is 20.0 Å². The van der Waals surface area contributed by atoms with Crippen LogP contribution in [0.3, 0.4) is 0 Å². The predicted molar refractivity (Wildman–Crippen MR) is 77.1 cm³/mol. The van der Waals surface area contributed by atoms with Crippen LogP contribution in [0.2, 0.25) is 0 Å². The number of methoxy groups -OCH3 is 1. The van der Waals surface area contributed by atoms with E-state index < -0.39 is 12.0 Å². The molecule has 0 fully saturated rings. The summed E-state index contributed by atoms with van der Waals surface area (Å²) in [6.45, 7) is 1.85. The second kappa shape index (κ2) is 8.26. The quantitative estimate of drug-likeness (QED) is 0.672. The molecular weight excluding hydrogens is 274 g/mol. The van der Waals surface area contributed by atoms with Crippen LogP contribution in [0.15, 0.2) is 24.3 Å². The van der Waals surface area contributed by atoms with Crippen LogP contribution in [0, 0.1) is 0 Å². The summed E-state index contributed by atoms with van der Waals surface area (Å²) in [5, 5.41) is 20.9. The summed E-state index contributed by atoms with van der Waals surface area (Å²) < 4.78 is 5.04. The van der Waals surface area contributed by atoms with E-state index in [1.165, 1.54) is 12.1 Å². The number of phenolic OH excluding ortho intramolecular Hbond substituents is 1. The molecule has 1 rings (SSSR count). The van der Waals surface area contributed by atoms with Gasteiger partial charge in [0.2, 0.25) is 5.91 Å². The Labute approximate surface area is 123 Å². The molecule has 1 unspecified atom stereocenters. The van der Waals surface area contributed by atoms with Crippen LogP contribution in [0.5, 0.6) is 5.75 Å². The van der Waals surface area contributed by atoms with E-state index in [0.717, 1.165) is 5.56 Å². The van der Waals surface area contributed by atoms with Crippen LogP contribution in [0.1, 0.15) is 25.3 Å². The zero-order chi connectivity index (χ0) is 15.8. The summed E-state index contributed by atoms with van der Waals surface area (Å²) in [7, 11) is 1.56. The van der Waals surface area contributed by atoms with Crippen LogP contribution in [-0.2, 0) is 20.7 Å². The minimum atomic E-state index is -1.09. The number of benzene rings is 1. The standard InChI is InChI=1S/C15H21NO5/c1-10(21-2)3-8-14(18)16-13(15(19)20)9-11-4-6-12(17)7-5-11/h4-7,10,13,17H,3,8-9H2,1-2H3,(H,16,18)(H,19,20)/t10?,13-/m0/s1. The first-order valence-electron chi connectivity index (χ1n) is 6.75. The minimum absolute atomic E-state index is 0.0453. The zero-order valence-corrected chi connectivity index (χ0v) is 12.2. The summed E-state index contributed by atoms with van der Waals surface area (Å²) in [4.78, 5) is 23.0. The van der Waals surface area contributed by atoms with Crippen LogP contribution < -0.4 is 5.32 Å². The minimum Gasteiger partial charge on any atom is -0.508 e. The van der Waals surface area contributed by atoms with Crippen molar-refractivity contribution in [3.8, 4) is 5.75 Å². The van der Waals surface area contributed by atoms with Gasteiger partial charge in [-0.1, -0.05) is 12.1 Å². The average molecular weight is 295 g/mol. The molecule has 1 amide bonds. The molecule has 0 aliphatic rings. The van der Waals surface area contributed by atoms with Crippen LogP contribution in [-0.4, -0.2) is 41.3 Å². The number of rotatable bonds is 8. The molecule has 0 spiro atoms. The van der Waals surface area contributed by atoms with E-state index in [2.05, 4.69) is 5.32 Å². The number of hydrogen-bond acceptors (Lipinski definition) is 4. The molecule has 0 bridgehead atoms. The normalized spacial score (nSPS) is 13.4. The van der Waals surface area contributed by atoms with Crippen LogP contribution in [0.25, 0.3) is 0 Å². The maximum absolute atomic E-state index is 11.8. The summed E-state index contributed by atoms with van der Waals surface area (Å²) in [6, 6.07) is 5.24. The molecule has 0 aliphatic heterocycles. The fraction of sp³-hybridized carbons (Fsp3) is 0.467. The third-order valence-electron chi connectivity index (χ3n) is 3.19. The Hall–Kier alpha value is -2.08. The maximum Gasteiger partial charge on any atom is 0.326 e. The summed E-state index contributed by atoms with van der Waals surface area (Å²) >= 11 is 0. The first-order valence-corrected chi connectivity index (χ1v) is 6.75. The van der Waals surface area contributed by atoms with Gasteiger partial charge in [-0.3, -0.25) is 4.79 Å². The number of nitrogens with one attached hydrogen (secondary N) is 1. The Balaban J connectivity index is 2.55. The monoisotopic (exact) mass is 295 g/mol. The van der Waals surface area contributed by atoms with E-state index in [-0.39, 0.29) is 30.6 Å². The summed E-state index contributed by atoms with van der Waals surface area (Å²) in [5.41, 5.74) is 0.728. The molecule has 1 aromatic rings. The Bertz CT molecular complexity index is 471. The van der Waals surface area contributed by atoms with Gasteiger partial charge in [0.1, 0.15) is 11.8 Å². The number of amides is 1. The Morgan fingerprint density at radius 3 is 2.43 bits per heavy atom. The fourth-order valence-electron chi connectivity index (χ4n) is 1.79. The van der Waals surface area contributed by atoms with Gasteiger partial charge < -0.3 is 20.3 Å². The molecule has 3 N–H and O–H groups in total.